The van der Waals surface area contributed by atoms with Gasteiger partial charge in [0.05, 0.1) is 4.90 Å². The number of hydrogen-bond acceptors (Lipinski definition) is 2. The van der Waals surface area contributed by atoms with Crippen molar-refractivity contribution < 1.29 is 8.42 Å². The molecule has 0 bridgehead atoms. The number of rotatable bonds is 5. The zero-order valence-corrected chi connectivity index (χ0v) is 14.3. The van der Waals surface area contributed by atoms with Crippen LogP contribution in [0.2, 0.25) is 0 Å². The van der Waals surface area contributed by atoms with E-state index in [0.717, 1.165) is 19.3 Å². The molecular weight excluding hydrogens is 362 g/mol. The Morgan fingerprint density at radius 2 is 1.85 bits per heavy atom. The molecule has 0 radical (unpaired) electrons. The maximum atomic E-state index is 12.3. The summed E-state index contributed by atoms with van der Waals surface area (Å²) in [4.78, 5) is 0.290. The average molecular weight is 381 g/mol. The summed E-state index contributed by atoms with van der Waals surface area (Å²) in [5.74, 6) is 1.38. The smallest absolute Gasteiger partial charge is 0.211 e. The van der Waals surface area contributed by atoms with Gasteiger partial charge in [-0.25, -0.2) is 13.1 Å². The summed E-state index contributed by atoms with van der Waals surface area (Å²) in [6.45, 7) is 0.473. The number of halogens is 2. The number of nitrogens with one attached hydrogen (secondary N) is 1. The van der Waals surface area contributed by atoms with E-state index in [2.05, 4.69) is 20.7 Å². The molecule has 20 heavy (non-hydrogen) atoms. The van der Waals surface area contributed by atoms with Gasteiger partial charge in [0.1, 0.15) is 0 Å². The van der Waals surface area contributed by atoms with Gasteiger partial charge in [-0.05, 0) is 52.7 Å². The first-order valence-electron chi connectivity index (χ1n) is 6.85. The Morgan fingerprint density at radius 3 is 2.50 bits per heavy atom. The molecule has 1 saturated carbocycles. The first-order valence-corrected chi connectivity index (χ1v) is 9.66. The Labute approximate surface area is 134 Å². The van der Waals surface area contributed by atoms with Gasteiger partial charge in [-0.15, -0.1) is 11.6 Å². The maximum absolute atomic E-state index is 12.3. The second-order valence-corrected chi connectivity index (χ2v) is 8.14. The van der Waals surface area contributed by atoms with Crippen LogP contribution in [0.4, 0.5) is 0 Å². The summed E-state index contributed by atoms with van der Waals surface area (Å²) in [7, 11) is -3.46. The minimum atomic E-state index is -3.46. The molecule has 0 aliphatic heterocycles. The summed E-state index contributed by atoms with van der Waals surface area (Å²) in [5, 5.41) is 0. The van der Waals surface area contributed by atoms with Crippen LogP contribution >= 0.6 is 27.5 Å². The van der Waals surface area contributed by atoms with E-state index in [1.165, 1.54) is 6.42 Å². The van der Waals surface area contributed by atoms with Crippen molar-refractivity contribution in [2.45, 2.75) is 30.6 Å². The SMILES string of the molecule is O=S(=O)(NCC1CCCCC1CCl)c1ccccc1Br. The molecule has 2 unspecified atom stereocenters. The van der Waals surface area contributed by atoms with Crippen LogP contribution in [-0.2, 0) is 10.0 Å². The highest BCUT2D eigenvalue weighted by atomic mass is 79.9. The van der Waals surface area contributed by atoms with Gasteiger partial charge in [0.15, 0.2) is 0 Å². The largest absolute Gasteiger partial charge is 0.241 e. The lowest BCUT2D eigenvalue weighted by molar-refractivity contribution is 0.260. The van der Waals surface area contributed by atoms with Gasteiger partial charge >= 0.3 is 0 Å². The van der Waals surface area contributed by atoms with Crippen LogP contribution in [0.1, 0.15) is 25.7 Å². The fourth-order valence-corrected chi connectivity index (χ4v) is 5.22. The monoisotopic (exact) mass is 379 g/mol. The van der Waals surface area contributed by atoms with Gasteiger partial charge < -0.3 is 0 Å². The Bertz CT molecular complexity index is 550. The summed E-state index contributed by atoms with van der Waals surface area (Å²) in [6.07, 6.45) is 4.51. The minimum absolute atomic E-state index is 0.290. The van der Waals surface area contributed by atoms with E-state index in [1.54, 1.807) is 24.3 Å². The van der Waals surface area contributed by atoms with Crippen molar-refractivity contribution in [3.05, 3.63) is 28.7 Å². The molecule has 1 aliphatic carbocycles. The van der Waals surface area contributed by atoms with Crippen LogP contribution in [0.3, 0.4) is 0 Å². The third-order valence-corrected chi connectivity index (χ3v) is 6.76. The van der Waals surface area contributed by atoms with Crippen molar-refractivity contribution in [3.63, 3.8) is 0 Å². The normalized spacial score (nSPS) is 23.7. The molecule has 6 heteroatoms. The predicted octanol–water partition coefficient (Wildman–Crippen LogP) is 3.77. The van der Waals surface area contributed by atoms with Gasteiger partial charge in [-0.1, -0.05) is 25.0 Å². The van der Waals surface area contributed by atoms with Crippen molar-refractivity contribution >= 4 is 37.6 Å². The van der Waals surface area contributed by atoms with Crippen molar-refractivity contribution in [2.24, 2.45) is 11.8 Å². The lowest BCUT2D eigenvalue weighted by atomic mass is 9.80. The highest BCUT2D eigenvalue weighted by Gasteiger charge is 2.26. The van der Waals surface area contributed by atoms with Gasteiger partial charge in [0, 0.05) is 16.9 Å². The molecule has 0 amide bonds. The van der Waals surface area contributed by atoms with Crippen LogP contribution in [0.25, 0.3) is 0 Å². The third-order valence-electron chi connectivity index (χ3n) is 3.93. The Kier molecular flexibility index (Phi) is 5.90. The van der Waals surface area contributed by atoms with Crippen LogP contribution in [0, 0.1) is 11.8 Å². The van der Waals surface area contributed by atoms with E-state index in [0.29, 0.717) is 33.6 Å². The summed E-state index contributed by atoms with van der Waals surface area (Å²) >= 11 is 9.27. The van der Waals surface area contributed by atoms with E-state index < -0.39 is 10.0 Å². The molecule has 2 rings (SSSR count). The first-order chi connectivity index (χ1) is 9.54. The summed E-state index contributed by atoms with van der Waals surface area (Å²) in [5.41, 5.74) is 0. The average Bonchev–Trinajstić information content (AvgIpc) is 2.46. The standard InChI is InChI=1S/C14H19BrClNO2S/c15-13-7-3-4-8-14(13)20(18,19)17-10-12-6-2-1-5-11(12)9-16/h3-4,7-8,11-12,17H,1-2,5-6,9-10H2. The van der Waals surface area contributed by atoms with Crippen molar-refractivity contribution in [3.8, 4) is 0 Å². The van der Waals surface area contributed by atoms with Crippen LogP contribution in [-0.4, -0.2) is 20.8 Å². The fourth-order valence-electron chi connectivity index (χ4n) is 2.71. The van der Waals surface area contributed by atoms with Gasteiger partial charge in [0.2, 0.25) is 10.0 Å². The number of benzene rings is 1. The van der Waals surface area contributed by atoms with Crippen LogP contribution in [0.5, 0.6) is 0 Å². The third kappa shape index (κ3) is 3.97. The zero-order valence-electron chi connectivity index (χ0n) is 11.2. The molecule has 0 aromatic heterocycles. The molecule has 0 heterocycles. The van der Waals surface area contributed by atoms with E-state index in [1.807, 2.05) is 0 Å². The quantitative estimate of drug-likeness (QED) is 0.790. The van der Waals surface area contributed by atoms with Gasteiger partial charge in [-0.2, -0.15) is 0 Å². The van der Waals surface area contributed by atoms with Crippen molar-refractivity contribution in [1.29, 1.82) is 0 Å². The topological polar surface area (TPSA) is 46.2 Å². The molecular formula is C14H19BrClNO2S. The predicted molar refractivity (Wildman–Crippen MR) is 85.5 cm³/mol. The zero-order chi connectivity index (χ0) is 14.6. The lowest BCUT2D eigenvalue weighted by Gasteiger charge is -2.30. The molecule has 1 aliphatic rings. The highest BCUT2D eigenvalue weighted by Crippen LogP contribution is 2.31. The molecule has 1 aromatic carbocycles. The van der Waals surface area contributed by atoms with Crippen molar-refractivity contribution in [2.75, 3.05) is 12.4 Å². The van der Waals surface area contributed by atoms with Crippen molar-refractivity contribution in [1.82, 2.24) is 4.72 Å². The molecule has 0 saturated heterocycles. The number of alkyl halides is 1. The Balaban J connectivity index is 2.04. The van der Waals surface area contributed by atoms with Gasteiger partial charge in [-0.3, -0.25) is 0 Å². The lowest BCUT2D eigenvalue weighted by Crippen LogP contribution is -2.35. The second-order valence-electron chi connectivity index (χ2n) is 5.24. The Hall–Kier alpha value is -0.100. The van der Waals surface area contributed by atoms with E-state index in [4.69, 9.17) is 11.6 Å². The molecule has 2 atom stereocenters. The molecule has 3 nitrogen and oxygen atoms in total. The Morgan fingerprint density at radius 1 is 1.20 bits per heavy atom. The molecule has 1 fully saturated rings. The minimum Gasteiger partial charge on any atom is -0.211 e. The highest BCUT2D eigenvalue weighted by molar-refractivity contribution is 9.10. The maximum Gasteiger partial charge on any atom is 0.241 e. The summed E-state index contributed by atoms with van der Waals surface area (Å²) in [6, 6.07) is 6.86. The molecule has 1 aromatic rings. The fraction of sp³-hybridized carbons (Fsp3) is 0.571. The van der Waals surface area contributed by atoms with E-state index in [-0.39, 0.29) is 0 Å². The van der Waals surface area contributed by atoms with Crippen LogP contribution < -0.4 is 4.72 Å². The van der Waals surface area contributed by atoms with Gasteiger partial charge in [0.25, 0.3) is 0 Å². The van der Waals surface area contributed by atoms with E-state index in [9.17, 15) is 8.42 Å². The number of sulfonamides is 1. The molecule has 0 spiro atoms. The summed E-state index contributed by atoms with van der Waals surface area (Å²) < 4.78 is 28.0. The second kappa shape index (κ2) is 7.25. The number of hydrogen-bond donors (Lipinski definition) is 1. The van der Waals surface area contributed by atoms with E-state index >= 15 is 0 Å². The molecule has 1 N–H and O–H groups in total. The van der Waals surface area contributed by atoms with Crippen LogP contribution in [0.15, 0.2) is 33.6 Å². The first kappa shape index (κ1) is 16.3. The molecule has 112 valence electrons.